The molecule has 6 aromatic rings. The van der Waals surface area contributed by atoms with Crippen LogP contribution in [-0.4, -0.2) is 14.5 Å². The molecule has 0 amide bonds. The molecule has 0 aliphatic heterocycles. The van der Waals surface area contributed by atoms with Gasteiger partial charge in [-0.3, -0.25) is 9.36 Å². The molecule has 0 aliphatic carbocycles. The highest BCUT2D eigenvalue weighted by atomic mass is 79.9. The van der Waals surface area contributed by atoms with E-state index in [2.05, 4.69) is 37.9 Å². The third-order valence-corrected chi connectivity index (χ3v) is 7.72. The Morgan fingerprint density at radius 2 is 1.53 bits per heavy atom. The van der Waals surface area contributed by atoms with Gasteiger partial charge >= 0.3 is 0 Å². The van der Waals surface area contributed by atoms with Crippen molar-refractivity contribution in [2.75, 3.05) is 0 Å². The highest BCUT2D eigenvalue weighted by molar-refractivity contribution is 9.11. The quantitative estimate of drug-likeness (QED) is 0.211. The van der Waals surface area contributed by atoms with E-state index in [0.717, 1.165) is 41.0 Å². The van der Waals surface area contributed by atoms with Gasteiger partial charge in [-0.1, -0.05) is 70.5 Å². The summed E-state index contributed by atoms with van der Waals surface area (Å²) >= 11 is 8.72. The molecule has 0 fully saturated rings. The second kappa shape index (κ2) is 8.58. The van der Waals surface area contributed by atoms with Gasteiger partial charge in [0.05, 0.1) is 26.8 Å². The molecule has 0 unspecified atom stereocenters. The van der Waals surface area contributed by atoms with Crippen LogP contribution < -0.4 is 5.56 Å². The summed E-state index contributed by atoms with van der Waals surface area (Å²) in [7, 11) is 0. The van der Waals surface area contributed by atoms with Gasteiger partial charge in [-0.2, -0.15) is 0 Å². The number of fused-ring (bicyclic) bond motifs is 2. The normalized spacial score (nSPS) is 11.4. The Hall–Kier alpha value is -3.13. The van der Waals surface area contributed by atoms with Crippen molar-refractivity contribution in [3.05, 3.63) is 110 Å². The Labute approximate surface area is 215 Å². The number of rotatable bonds is 3. The summed E-state index contributed by atoms with van der Waals surface area (Å²) in [5.74, 6) is 0.578. The maximum Gasteiger partial charge on any atom is 0.266 e. The van der Waals surface area contributed by atoms with E-state index in [4.69, 9.17) is 9.97 Å². The summed E-state index contributed by atoms with van der Waals surface area (Å²) in [6.45, 7) is 0. The summed E-state index contributed by atoms with van der Waals surface area (Å²) in [4.78, 5) is 23.9. The highest BCUT2D eigenvalue weighted by Crippen LogP contribution is 2.35. The third kappa shape index (κ3) is 3.60. The third-order valence-electron chi connectivity index (χ3n) is 5.59. The fraction of sp³-hybridized carbons (Fsp3) is 0. The van der Waals surface area contributed by atoms with Crippen LogP contribution in [0.4, 0.5) is 0 Å². The van der Waals surface area contributed by atoms with Crippen LogP contribution in [0.15, 0.2) is 105 Å². The Morgan fingerprint density at radius 3 is 2.35 bits per heavy atom. The van der Waals surface area contributed by atoms with Gasteiger partial charge in [-0.05, 0) is 52.3 Å². The molecule has 0 saturated heterocycles. The molecule has 0 N–H and O–H groups in total. The van der Waals surface area contributed by atoms with E-state index in [9.17, 15) is 4.79 Å². The van der Waals surface area contributed by atoms with Gasteiger partial charge in [0, 0.05) is 20.1 Å². The monoisotopic (exact) mass is 587 g/mol. The van der Waals surface area contributed by atoms with Crippen LogP contribution in [0.3, 0.4) is 0 Å². The van der Waals surface area contributed by atoms with Crippen molar-refractivity contribution in [1.82, 2.24) is 14.5 Å². The molecule has 6 rings (SSSR count). The van der Waals surface area contributed by atoms with Crippen molar-refractivity contribution < 1.29 is 0 Å². The zero-order chi connectivity index (χ0) is 23.2. The topological polar surface area (TPSA) is 47.8 Å². The minimum absolute atomic E-state index is 0.139. The van der Waals surface area contributed by atoms with Crippen molar-refractivity contribution in [3.63, 3.8) is 0 Å². The van der Waals surface area contributed by atoms with Crippen molar-refractivity contribution >= 4 is 64.3 Å². The first kappa shape index (κ1) is 21.4. The van der Waals surface area contributed by atoms with Crippen molar-refractivity contribution in [2.45, 2.75) is 0 Å². The molecule has 0 saturated carbocycles. The lowest BCUT2D eigenvalue weighted by molar-refractivity contribution is 0.976. The minimum Gasteiger partial charge on any atom is -0.268 e. The lowest BCUT2D eigenvalue weighted by Gasteiger charge is -2.17. The summed E-state index contributed by atoms with van der Waals surface area (Å²) < 4.78 is 4.38. The molecular weight excluding hydrogens is 574 g/mol. The SMILES string of the molecule is O=c1c2cc(Br)cc(Br)c2nc(-c2ccccc2)n1-c1ccccc1-c1nc2ccccc2s1. The van der Waals surface area contributed by atoms with Crippen LogP contribution in [0.2, 0.25) is 0 Å². The number of hydrogen-bond donors (Lipinski definition) is 0. The predicted octanol–water partition coefficient (Wildman–Crippen LogP) is 7.85. The van der Waals surface area contributed by atoms with Crippen LogP contribution in [0.5, 0.6) is 0 Å². The highest BCUT2D eigenvalue weighted by Gasteiger charge is 2.20. The van der Waals surface area contributed by atoms with Crippen LogP contribution in [0.1, 0.15) is 0 Å². The average Bonchev–Trinajstić information content (AvgIpc) is 3.29. The maximum absolute atomic E-state index is 14.0. The largest absolute Gasteiger partial charge is 0.268 e. The van der Waals surface area contributed by atoms with Crippen molar-refractivity contribution in [1.29, 1.82) is 0 Å². The first-order chi connectivity index (χ1) is 16.6. The van der Waals surface area contributed by atoms with Gasteiger partial charge in [0.2, 0.25) is 0 Å². The molecule has 34 heavy (non-hydrogen) atoms. The Kier molecular flexibility index (Phi) is 5.40. The fourth-order valence-electron chi connectivity index (χ4n) is 4.06. The van der Waals surface area contributed by atoms with Gasteiger partial charge in [0.25, 0.3) is 5.56 Å². The van der Waals surface area contributed by atoms with E-state index >= 15 is 0 Å². The molecule has 4 nitrogen and oxygen atoms in total. The summed E-state index contributed by atoms with van der Waals surface area (Å²) in [5, 5.41) is 1.39. The van der Waals surface area contributed by atoms with E-state index in [1.165, 1.54) is 0 Å². The lowest BCUT2D eigenvalue weighted by Crippen LogP contribution is -2.22. The number of para-hydroxylation sites is 2. The molecule has 164 valence electrons. The number of benzene rings is 4. The molecule has 0 bridgehead atoms. The first-order valence-electron chi connectivity index (χ1n) is 10.5. The number of nitrogens with zero attached hydrogens (tertiary/aromatic N) is 3. The van der Waals surface area contributed by atoms with Crippen LogP contribution >= 0.6 is 43.2 Å². The second-order valence-electron chi connectivity index (χ2n) is 7.73. The number of halogens is 2. The first-order valence-corrected chi connectivity index (χ1v) is 12.9. The zero-order valence-electron chi connectivity index (χ0n) is 17.6. The molecule has 2 aromatic heterocycles. The van der Waals surface area contributed by atoms with Gasteiger partial charge in [-0.25, -0.2) is 9.97 Å². The van der Waals surface area contributed by atoms with Gasteiger partial charge in [0.1, 0.15) is 10.8 Å². The number of aromatic nitrogens is 3. The molecule has 0 spiro atoms. The summed E-state index contributed by atoms with van der Waals surface area (Å²) in [6, 6.07) is 29.5. The Balaban J connectivity index is 1.72. The fourth-order valence-corrected chi connectivity index (χ4v) is 6.37. The molecule has 4 aromatic carbocycles. The molecular formula is C27H15Br2N3OS. The molecule has 0 atom stereocenters. The number of thiazole rings is 1. The standard InChI is InChI=1S/C27H15Br2N3OS/c28-17-14-19-24(20(29)15-17)31-25(16-8-2-1-3-9-16)32(27(19)33)22-12-6-4-10-18(22)26-30-21-11-5-7-13-23(21)34-26/h1-15H. The van der Waals surface area contributed by atoms with Gasteiger partial charge < -0.3 is 0 Å². The minimum atomic E-state index is -0.139. The van der Waals surface area contributed by atoms with Crippen LogP contribution in [-0.2, 0) is 0 Å². The van der Waals surface area contributed by atoms with Crippen LogP contribution in [0.25, 0.3) is 48.8 Å². The van der Waals surface area contributed by atoms with E-state index in [1.54, 1.807) is 15.9 Å². The Morgan fingerprint density at radius 1 is 0.794 bits per heavy atom. The molecule has 7 heteroatoms. The smallest absolute Gasteiger partial charge is 0.266 e. The maximum atomic E-state index is 14.0. The van der Waals surface area contributed by atoms with E-state index in [-0.39, 0.29) is 5.56 Å². The second-order valence-corrected chi connectivity index (χ2v) is 10.5. The van der Waals surface area contributed by atoms with E-state index in [0.29, 0.717) is 16.7 Å². The zero-order valence-corrected chi connectivity index (χ0v) is 21.6. The van der Waals surface area contributed by atoms with Crippen molar-refractivity contribution in [2.24, 2.45) is 0 Å². The van der Waals surface area contributed by atoms with Crippen molar-refractivity contribution in [3.8, 4) is 27.6 Å². The van der Waals surface area contributed by atoms with E-state index < -0.39 is 0 Å². The predicted molar refractivity (Wildman–Crippen MR) is 147 cm³/mol. The summed E-state index contributed by atoms with van der Waals surface area (Å²) in [5.41, 5.74) is 3.92. The van der Waals surface area contributed by atoms with Gasteiger partial charge in [0.15, 0.2) is 0 Å². The molecule has 2 heterocycles. The lowest BCUT2D eigenvalue weighted by atomic mass is 10.1. The van der Waals surface area contributed by atoms with Gasteiger partial charge in [-0.15, -0.1) is 11.3 Å². The summed E-state index contributed by atoms with van der Waals surface area (Å²) in [6.07, 6.45) is 0. The molecule has 0 radical (unpaired) electrons. The Bertz CT molecular complexity index is 1730. The van der Waals surface area contributed by atoms with E-state index in [1.807, 2.05) is 84.9 Å². The number of hydrogen-bond acceptors (Lipinski definition) is 4. The molecule has 0 aliphatic rings. The average molecular weight is 589 g/mol. The van der Waals surface area contributed by atoms with Crippen LogP contribution in [0, 0.1) is 0 Å².